The standard InChI is InChI=1S/C25H28F6N2O5S/c1-22(2,3)38-21(34)32-13-14-33(19(15-32)16-39(36,37)20-7-5-4-6-8-20)18-11-9-17(10-12-18)23(35,24(26,27)28)25(29,30)31/h4-12,19,35H,13-16H2,1-3H3/t19-/m1/s1. The average molecular weight is 583 g/mol. The summed E-state index contributed by atoms with van der Waals surface area (Å²) < 4.78 is 111. The predicted molar refractivity (Wildman–Crippen MR) is 130 cm³/mol. The normalized spacial score (nSPS) is 17.7. The summed E-state index contributed by atoms with van der Waals surface area (Å²) in [6, 6.07) is 9.42. The van der Waals surface area contributed by atoms with Crippen LogP contribution in [0.4, 0.5) is 36.8 Å². The van der Waals surface area contributed by atoms with Crippen molar-refractivity contribution in [1.82, 2.24) is 4.90 Å². The van der Waals surface area contributed by atoms with Crippen molar-refractivity contribution in [2.24, 2.45) is 0 Å². The summed E-state index contributed by atoms with van der Waals surface area (Å²) in [5.74, 6) is -0.507. The molecule has 2 aromatic carbocycles. The van der Waals surface area contributed by atoms with Gasteiger partial charge in [0.2, 0.25) is 0 Å². The highest BCUT2D eigenvalue weighted by molar-refractivity contribution is 7.91. The molecular weight excluding hydrogens is 554 g/mol. The first-order chi connectivity index (χ1) is 17.8. The molecule has 1 heterocycles. The Morgan fingerprint density at radius 3 is 1.95 bits per heavy atom. The van der Waals surface area contributed by atoms with Crippen molar-refractivity contribution >= 4 is 21.6 Å². The first-order valence-electron chi connectivity index (χ1n) is 11.7. The Bertz CT molecular complexity index is 1250. The number of carbonyl (C=O) groups excluding carboxylic acids is 1. The molecule has 0 saturated carbocycles. The van der Waals surface area contributed by atoms with Crippen molar-refractivity contribution in [2.45, 2.75) is 55.3 Å². The fourth-order valence-electron chi connectivity index (χ4n) is 4.19. The van der Waals surface area contributed by atoms with Gasteiger partial charge in [-0.1, -0.05) is 30.3 Å². The Kier molecular flexibility index (Phi) is 8.24. The zero-order chi connectivity index (χ0) is 29.4. The molecule has 39 heavy (non-hydrogen) atoms. The fraction of sp³-hybridized carbons (Fsp3) is 0.480. The molecule has 0 aromatic heterocycles. The van der Waals surface area contributed by atoms with Crippen LogP contribution in [-0.4, -0.2) is 73.9 Å². The zero-order valence-corrected chi connectivity index (χ0v) is 22.1. The van der Waals surface area contributed by atoms with Crippen LogP contribution < -0.4 is 4.90 Å². The lowest BCUT2D eigenvalue weighted by molar-refractivity contribution is -0.376. The largest absolute Gasteiger partial charge is 0.444 e. The molecule has 1 saturated heterocycles. The summed E-state index contributed by atoms with van der Waals surface area (Å²) in [6.07, 6.45) is -12.8. The zero-order valence-electron chi connectivity index (χ0n) is 21.3. The molecule has 0 spiro atoms. The Labute approximate surface area is 221 Å². The van der Waals surface area contributed by atoms with E-state index in [2.05, 4.69) is 0 Å². The highest BCUT2D eigenvalue weighted by Crippen LogP contribution is 2.50. The summed E-state index contributed by atoms with van der Waals surface area (Å²) in [5.41, 5.74) is -7.25. The molecule has 1 aliphatic heterocycles. The van der Waals surface area contributed by atoms with Gasteiger partial charge in [0, 0.05) is 30.9 Å². The average Bonchev–Trinajstić information content (AvgIpc) is 2.81. The number of piperazine rings is 1. The molecule has 216 valence electrons. The molecule has 0 aliphatic carbocycles. The van der Waals surface area contributed by atoms with Crippen LogP contribution in [0.5, 0.6) is 0 Å². The highest BCUT2D eigenvalue weighted by atomic mass is 32.2. The van der Waals surface area contributed by atoms with Crippen LogP contribution in [0.15, 0.2) is 59.5 Å². The van der Waals surface area contributed by atoms with Gasteiger partial charge in [0.1, 0.15) is 5.60 Å². The molecule has 7 nitrogen and oxygen atoms in total. The number of amides is 1. The smallest absolute Gasteiger partial charge is 0.430 e. The topological polar surface area (TPSA) is 87.2 Å². The number of benzene rings is 2. The first kappa shape index (κ1) is 30.5. The number of carbonyl (C=O) groups is 1. The Morgan fingerprint density at radius 1 is 0.923 bits per heavy atom. The molecular formula is C25H28F6N2O5S. The number of alkyl halides is 6. The number of anilines is 1. The van der Waals surface area contributed by atoms with Gasteiger partial charge in [-0.3, -0.25) is 0 Å². The van der Waals surface area contributed by atoms with Crippen LogP contribution in [0.2, 0.25) is 0 Å². The molecule has 0 bridgehead atoms. The number of ether oxygens (including phenoxy) is 1. The van der Waals surface area contributed by atoms with Gasteiger partial charge < -0.3 is 19.6 Å². The van der Waals surface area contributed by atoms with Crippen LogP contribution in [0.1, 0.15) is 26.3 Å². The minimum absolute atomic E-state index is 0.00936. The van der Waals surface area contributed by atoms with Gasteiger partial charge in [0.25, 0.3) is 5.60 Å². The van der Waals surface area contributed by atoms with E-state index in [1.54, 1.807) is 26.8 Å². The van der Waals surface area contributed by atoms with Crippen molar-refractivity contribution in [3.8, 4) is 0 Å². The van der Waals surface area contributed by atoms with Gasteiger partial charge in [-0.2, -0.15) is 26.3 Å². The minimum atomic E-state index is -6.04. The molecule has 0 unspecified atom stereocenters. The Morgan fingerprint density at radius 2 is 1.46 bits per heavy atom. The number of sulfone groups is 1. The molecule has 1 atom stereocenters. The number of rotatable bonds is 5. The molecule has 1 N–H and O–H groups in total. The Hall–Kier alpha value is -3.00. The molecule has 2 aromatic rings. The summed E-state index contributed by atoms with van der Waals surface area (Å²) >= 11 is 0. The van der Waals surface area contributed by atoms with Crippen LogP contribution in [-0.2, 0) is 20.2 Å². The summed E-state index contributed by atoms with van der Waals surface area (Å²) in [7, 11) is -3.91. The molecule has 0 radical (unpaired) electrons. The van der Waals surface area contributed by atoms with E-state index < -0.39 is 56.8 Å². The number of aliphatic hydroxyl groups is 1. The van der Waals surface area contributed by atoms with Crippen molar-refractivity contribution in [1.29, 1.82) is 0 Å². The first-order valence-corrected chi connectivity index (χ1v) is 13.4. The van der Waals surface area contributed by atoms with E-state index in [-0.39, 0.29) is 30.2 Å². The van der Waals surface area contributed by atoms with Gasteiger partial charge in [-0.05, 0) is 45.0 Å². The maximum Gasteiger partial charge on any atom is 0.430 e. The maximum absolute atomic E-state index is 13.3. The maximum atomic E-state index is 13.3. The van der Waals surface area contributed by atoms with Crippen LogP contribution in [0.25, 0.3) is 0 Å². The molecule has 1 aliphatic rings. The van der Waals surface area contributed by atoms with E-state index in [4.69, 9.17) is 4.74 Å². The SMILES string of the molecule is CC(C)(C)OC(=O)N1CCN(c2ccc(C(O)(C(F)(F)F)C(F)(F)F)cc2)[C@@H](CS(=O)(=O)c2ccccc2)C1. The highest BCUT2D eigenvalue weighted by Gasteiger charge is 2.71. The number of nitrogens with zero attached hydrogens (tertiary/aromatic N) is 2. The van der Waals surface area contributed by atoms with Crippen molar-refractivity contribution in [3.63, 3.8) is 0 Å². The summed E-state index contributed by atoms with van der Waals surface area (Å²) in [5, 5.41) is 9.68. The van der Waals surface area contributed by atoms with E-state index in [9.17, 15) is 44.7 Å². The lowest BCUT2D eigenvalue weighted by atomic mass is 9.92. The van der Waals surface area contributed by atoms with Gasteiger partial charge >= 0.3 is 18.4 Å². The third-order valence-corrected chi connectivity index (χ3v) is 7.90. The van der Waals surface area contributed by atoms with Crippen molar-refractivity contribution in [2.75, 3.05) is 30.3 Å². The van der Waals surface area contributed by atoms with Crippen LogP contribution in [0, 0.1) is 0 Å². The number of hydrogen-bond donors (Lipinski definition) is 1. The molecule has 3 rings (SSSR count). The van der Waals surface area contributed by atoms with Gasteiger partial charge in [-0.25, -0.2) is 13.2 Å². The van der Waals surface area contributed by atoms with Crippen LogP contribution in [0.3, 0.4) is 0 Å². The van der Waals surface area contributed by atoms with E-state index in [1.165, 1.54) is 34.1 Å². The second kappa shape index (κ2) is 10.5. The monoisotopic (exact) mass is 582 g/mol. The molecule has 1 fully saturated rings. The lowest BCUT2D eigenvalue weighted by Gasteiger charge is -2.43. The number of halogens is 6. The molecule has 1 amide bonds. The van der Waals surface area contributed by atoms with Crippen molar-refractivity contribution < 1.29 is 49.4 Å². The second-order valence-electron chi connectivity index (χ2n) is 10.1. The number of hydrogen-bond acceptors (Lipinski definition) is 6. The third-order valence-electron chi connectivity index (χ3n) is 6.09. The third kappa shape index (κ3) is 6.60. The summed E-state index contributed by atoms with van der Waals surface area (Å²) in [6.45, 7) is 4.89. The van der Waals surface area contributed by atoms with Gasteiger partial charge in [-0.15, -0.1) is 0 Å². The van der Waals surface area contributed by atoms with E-state index in [0.29, 0.717) is 12.1 Å². The lowest BCUT2D eigenvalue weighted by Crippen LogP contribution is -2.58. The van der Waals surface area contributed by atoms with Crippen molar-refractivity contribution in [3.05, 3.63) is 60.2 Å². The quantitative estimate of drug-likeness (QED) is 0.505. The predicted octanol–water partition coefficient (Wildman–Crippen LogP) is 4.90. The van der Waals surface area contributed by atoms with E-state index >= 15 is 0 Å². The van der Waals surface area contributed by atoms with E-state index in [0.717, 1.165) is 12.1 Å². The second-order valence-corrected chi connectivity index (χ2v) is 12.2. The Balaban J connectivity index is 1.97. The van der Waals surface area contributed by atoms with Gasteiger partial charge in [0.05, 0.1) is 16.7 Å². The van der Waals surface area contributed by atoms with E-state index in [1.807, 2.05) is 0 Å². The minimum Gasteiger partial charge on any atom is -0.444 e. The van der Waals surface area contributed by atoms with Crippen LogP contribution >= 0.6 is 0 Å². The fourth-order valence-corrected chi connectivity index (χ4v) is 5.75. The summed E-state index contributed by atoms with van der Waals surface area (Å²) in [4.78, 5) is 15.5. The molecule has 14 heteroatoms. The van der Waals surface area contributed by atoms with Gasteiger partial charge in [0.15, 0.2) is 9.84 Å².